The lowest BCUT2D eigenvalue weighted by Crippen LogP contribution is -2.55. The lowest BCUT2D eigenvalue weighted by Gasteiger charge is -2.22. The largest absolute Gasteiger partial charge is 0.508 e. The van der Waals surface area contributed by atoms with Crippen molar-refractivity contribution in [2.45, 2.75) is 37.9 Å². The summed E-state index contributed by atoms with van der Waals surface area (Å²) < 4.78 is 0. The lowest BCUT2D eigenvalue weighted by molar-refractivity contribution is -0.138. The van der Waals surface area contributed by atoms with Crippen LogP contribution in [0.2, 0.25) is 0 Å². The highest BCUT2D eigenvalue weighted by Gasteiger charge is 2.27. The third-order valence-electron chi connectivity index (χ3n) is 5.63. The van der Waals surface area contributed by atoms with Crippen molar-refractivity contribution in [1.29, 1.82) is 0 Å². The lowest BCUT2D eigenvalue weighted by atomic mass is 10.0. The summed E-state index contributed by atoms with van der Waals surface area (Å²) in [6.07, 6.45) is 2.02. The number of phenols is 1. The molecule has 11 heteroatoms. The smallest absolute Gasteiger partial charge is 0.322 e. The van der Waals surface area contributed by atoms with Gasteiger partial charge in [-0.3, -0.25) is 19.2 Å². The van der Waals surface area contributed by atoms with Crippen molar-refractivity contribution in [2.75, 3.05) is 6.54 Å². The van der Waals surface area contributed by atoms with Crippen LogP contribution in [0.3, 0.4) is 0 Å². The highest BCUT2D eigenvalue weighted by Crippen LogP contribution is 2.19. The van der Waals surface area contributed by atoms with Crippen LogP contribution in [0.5, 0.6) is 5.75 Å². The summed E-state index contributed by atoms with van der Waals surface area (Å²) in [7, 11) is 0. The molecule has 2 aromatic carbocycles. The molecule has 11 nitrogen and oxygen atoms in total. The van der Waals surface area contributed by atoms with E-state index in [0.29, 0.717) is 0 Å². The number of nitrogens with two attached hydrogens (primary N) is 1. The number of aliphatic carboxylic acids is 1. The van der Waals surface area contributed by atoms with Crippen LogP contribution in [0.4, 0.5) is 0 Å². The van der Waals surface area contributed by atoms with Gasteiger partial charge in [0.15, 0.2) is 0 Å². The summed E-state index contributed by atoms with van der Waals surface area (Å²) >= 11 is 0. The van der Waals surface area contributed by atoms with Crippen molar-refractivity contribution in [2.24, 2.45) is 5.73 Å². The van der Waals surface area contributed by atoms with Gasteiger partial charge < -0.3 is 36.9 Å². The maximum absolute atomic E-state index is 12.8. The van der Waals surface area contributed by atoms with Crippen molar-refractivity contribution in [3.05, 3.63) is 65.9 Å². The van der Waals surface area contributed by atoms with Gasteiger partial charge >= 0.3 is 5.97 Å². The van der Waals surface area contributed by atoms with Crippen LogP contribution in [-0.2, 0) is 32.0 Å². The number of carbonyl (C=O) groups is 4. The number of aromatic nitrogens is 1. The van der Waals surface area contributed by atoms with E-state index in [0.717, 1.165) is 22.0 Å². The number of aromatic amines is 1. The molecule has 0 fully saturated rings. The summed E-state index contributed by atoms with van der Waals surface area (Å²) in [5.74, 6) is -2.98. The van der Waals surface area contributed by atoms with Crippen LogP contribution in [0, 0.1) is 0 Å². The van der Waals surface area contributed by atoms with Gasteiger partial charge in [-0.25, -0.2) is 0 Å². The van der Waals surface area contributed by atoms with E-state index >= 15 is 0 Å². The molecule has 0 aliphatic carbocycles. The molecule has 0 aliphatic rings. The average molecular weight is 496 g/mol. The standard InChI is InChI=1S/C25H29N5O6/c1-14(29-24(35)19(26)10-15-6-8-17(31)9-7-15)23(34)30-21(25(36)28-13-22(32)33)11-16-12-27-20-5-3-2-4-18(16)20/h2-9,12,14,19,21,27,31H,10-11,13,26H2,1H3,(H,28,36)(H,29,35)(H,30,34)(H,32,33). The number of hydrogen-bond acceptors (Lipinski definition) is 6. The van der Waals surface area contributed by atoms with Gasteiger partial charge in [0, 0.05) is 23.5 Å². The number of H-pyrrole nitrogens is 1. The van der Waals surface area contributed by atoms with Gasteiger partial charge in [-0.05, 0) is 42.7 Å². The van der Waals surface area contributed by atoms with Crippen LogP contribution in [0.25, 0.3) is 10.9 Å². The maximum atomic E-state index is 12.8. The number of carbonyl (C=O) groups excluding carboxylic acids is 3. The SMILES string of the molecule is CC(NC(=O)C(N)Cc1ccc(O)cc1)C(=O)NC(Cc1c[nH]c2ccccc12)C(=O)NCC(=O)O. The molecule has 3 amide bonds. The Kier molecular flexibility index (Phi) is 8.63. The summed E-state index contributed by atoms with van der Waals surface area (Å²) in [5, 5.41) is 26.6. The molecule has 36 heavy (non-hydrogen) atoms. The molecular weight excluding hydrogens is 466 g/mol. The van der Waals surface area contributed by atoms with E-state index in [-0.39, 0.29) is 18.6 Å². The van der Waals surface area contributed by atoms with Gasteiger partial charge in [0.05, 0.1) is 6.04 Å². The summed E-state index contributed by atoms with van der Waals surface area (Å²) in [5.41, 5.74) is 8.32. The molecule has 1 heterocycles. The normalized spacial score (nSPS) is 13.4. The number of carboxylic acids is 1. The van der Waals surface area contributed by atoms with Crippen molar-refractivity contribution in [1.82, 2.24) is 20.9 Å². The Bertz CT molecular complexity index is 1240. The van der Waals surface area contributed by atoms with E-state index in [4.69, 9.17) is 10.8 Å². The first-order valence-corrected chi connectivity index (χ1v) is 11.3. The highest BCUT2D eigenvalue weighted by atomic mass is 16.4. The Morgan fingerprint density at radius 2 is 1.64 bits per heavy atom. The Balaban J connectivity index is 1.65. The fraction of sp³-hybridized carbons (Fsp3) is 0.280. The van der Waals surface area contributed by atoms with Gasteiger partial charge in [-0.2, -0.15) is 0 Å². The predicted molar refractivity (Wildman–Crippen MR) is 132 cm³/mol. The molecule has 3 unspecified atom stereocenters. The van der Waals surface area contributed by atoms with E-state index in [1.807, 2.05) is 24.3 Å². The molecule has 8 N–H and O–H groups in total. The monoisotopic (exact) mass is 495 g/mol. The number of aromatic hydroxyl groups is 1. The minimum absolute atomic E-state index is 0.0941. The number of nitrogens with one attached hydrogen (secondary N) is 4. The molecule has 3 aromatic rings. The van der Waals surface area contributed by atoms with Crippen LogP contribution in [0.1, 0.15) is 18.1 Å². The molecular formula is C25H29N5O6. The molecule has 3 rings (SSSR count). The number of amides is 3. The first kappa shape index (κ1) is 26.2. The number of benzene rings is 2. The zero-order valence-electron chi connectivity index (χ0n) is 19.7. The van der Waals surface area contributed by atoms with Gasteiger partial charge in [-0.1, -0.05) is 30.3 Å². The molecule has 190 valence electrons. The molecule has 0 saturated heterocycles. The van der Waals surface area contributed by atoms with Gasteiger partial charge in [0.2, 0.25) is 17.7 Å². The third-order valence-corrected chi connectivity index (χ3v) is 5.63. The summed E-state index contributed by atoms with van der Waals surface area (Å²) in [6, 6.07) is 10.7. The molecule has 3 atom stereocenters. The first-order valence-electron chi connectivity index (χ1n) is 11.3. The van der Waals surface area contributed by atoms with E-state index in [9.17, 15) is 24.3 Å². The minimum atomic E-state index is -1.22. The van der Waals surface area contributed by atoms with Crippen LogP contribution in [-0.4, -0.2) is 63.6 Å². The number of fused-ring (bicyclic) bond motifs is 1. The fourth-order valence-corrected chi connectivity index (χ4v) is 3.68. The number of carboxylic acid groups (broad SMARTS) is 1. The molecule has 0 aliphatic heterocycles. The minimum Gasteiger partial charge on any atom is -0.508 e. The number of phenolic OH excluding ortho intramolecular Hbond substituents is 1. The van der Waals surface area contributed by atoms with Gasteiger partial charge in [-0.15, -0.1) is 0 Å². The van der Waals surface area contributed by atoms with Crippen LogP contribution < -0.4 is 21.7 Å². The van der Waals surface area contributed by atoms with Gasteiger partial charge in [0.1, 0.15) is 24.4 Å². The van der Waals surface area contributed by atoms with Gasteiger partial charge in [0.25, 0.3) is 0 Å². The molecule has 0 spiro atoms. The van der Waals surface area contributed by atoms with Crippen molar-refractivity contribution in [3.8, 4) is 5.75 Å². The Hall–Kier alpha value is -4.38. The number of rotatable bonds is 11. The topological polar surface area (TPSA) is 187 Å². The van der Waals surface area contributed by atoms with Crippen molar-refractivity contribution < 1.29 is 29.4 Å². The molecule has 1 aromatic heterocycles. The Morgan fingerprint density at radius 1 is 0.944 bits per heavy atom. The Morgan fingerprint density at radius 3 is 2.33 bits per heavy atom. The second-order valence-electron chi connectivity index (χ2n) is 8.44. The predicted octanol–water partition coefficient (Wildman–Crippen LogP) is 0.176. The van der Waals surface area contributed by atoms with Crippen molar-refractivity contribution in [3.63, 3.8) is 0 Å². The molecule has 0 bridgehead atoms. The van der Waals surface area contributed by atoms with E-state index in [2.05, 4.69) is 20.9 Å². The molecule has 0 saturated carbocycles. The van der Waals surface area contributed by atoms with E-state index < -0.39 is 48.4 Å². The van der Waals surface area contributed by atoms with E-state index in [1.165, 1.54) is 19.1 Å². The zero-order valence-corrected chi connectivity index (χ0v) is 19.7. The van der Waals surface area contributed by atoms with Crippen LogP contribution in [0.15, 0.2) is 54.7 Å². The zero-order chi connectivity index (χ0) is 26.2. The highest BCUT2D eigenvalue weighted by molar-refractivity contribution is 5.94. The second kappa shape index (κ2) is 11.8. The van der Waals surface area contributed by atoms with Crippen LogP contribution >= 0.6 is 0 Å². The first-order chi connectivity index (χ1) is 17.1. The quantitative estimate of drug-likeness (QED) is 0.198. The maximum Gasteiger partial charge on any atom is 0.322 e. The average Bonchev–Trinajstić information content (AvgIpc) is 3.26. The molecule has 0 radical (unpaired) electrons. The second-order valence-corrected chi connectivity index (χ2v) is 8.44. The Labute approximate surface area is 207 Å². The fourth-order valence-electron chi connectivity index (χ4n) is 3.68. The van der Waals surface area contributed by atoms with Crippen molar-refractivity contribution >= 4 is 34.6 Å². The number of para-hydroxylation sites is 1. The number of hydrogen-bond donors (Lipinski definition) is 7. The summed E-state index contributed by atoms with van der Waals surface area (Å²) in [4.78, 5) is 52.1. The van der Waals surface area contributed by atoms with E-state index in [1.54, 1.807) is 18.3 Å². The third kappa shape index (κ3) is 7.06. The summed E-state index contributed by atoms with van der Waals surface area (Å²) in [6.45, 7) is 0.857.